The van der Waals surface area contributed by atoms with Crippen LogP contribution in [0.4, 0.5) is 11.5 Å². The summed E-state index contributed by atoms with van der Waals surface area (Å²) < 4.78 is 32.8. The number of sulfonamides is 1. The van der Waals surface area contributed by atoms with Crippen molar-refractivity contribution in [2.24, 2.45) is 0 Å². The van der Waals surface area contributed by atoms with Crippen LogP contribution in [0, 0.1) is 0 Å². The summed E-state index contributed by atoms with van der Waals surface area (Å²) >= 11 is 6.17. The van der Waals surface area contributed by atoms with Crippen molar-refractivity contribution in [2.75, 3.05) is 56.4 Å². The zero-order valence-corrected chi connectivity index (χ0v) is 25.1. The number of piperazine rings is 1. The molecule has 1 fully saturated rings. The minimum atomic E-state index is -3.78. The van der Waals surface area contributed by atoms with Crippen LogP contribution in [0.1, 0.15) is 23.6 Å². The highest BCUT2D eigenvalue weighted by Crippen LogP contribution is 2.30. The van der Waals surface area contributed by atoms with Gasteiger partial charge in [0.2, 0.25) is 5.88 Å². The Morgan fingerprint density at radius 1 is 0.857 bits per heavy atom. The number of nitrogens with zero attached hydrogens (tertiary/aromatic N) is 4. The van der Waals surface area contributed by atoms with E-state index in [4.69, 9.17) is 16.3 Å². The van der Waals surface area contributed by atoms with Crippen molar-refractivity contribution < 1.29 is 13.2 Å². The summed E-state index contributed by atoms with van der Waals surface area (Å²) in [5.41, 5.74) is 3.42. The van der Waals surface area contributed by atoms with Gasteiger partial charge in [-0.2, -0.15) is 0 Å². The summed E-state index contributed by atoms with van der Waals surface area (Å²) in [6.45, 7) is 5.79. The number of ether oxygens (including phenoxy) is 1. The van der Waals surface area contributed by atoms with Gasteiger partial charge in [0, 0.05) is 49.5 Å². The molecule has 0 unspecified atom stereocenters. The Balaban J connectivity index is 1.08. The summed E-state index contributed by atoms with van der Waals surface area (Å²) in [5.74, 6) is 0.431. The lowest BCUT2D eigenvalue weighted by atomic mass is 9.96. The van der Waals surface area contributed by atoms with E-state index in [-0.39, 0.29) is 16.8 Å². The second kappa shape index (κ2) is 14.0. The van der Waals surface area contributed by atoms with Gasteiger partial charge >= 0.3 is 0 Å². The standard InChI is InChI=1S/C31H35ClN6O3S/c1-41-30-17-16-29(34-35-30)36-42(39,40)28-14-12-27(13-15-28)33-18-5-19-37-20-22-38(23-21-37)31(24-6-3-2-4-7-24)25-8-10-26(32)11-9-25/h2-4,6-17,31,33H,5,18-23H2,1H3,(H,34,36)/t31-/m1/s1. The minimum absolute atomic E-state index is 0.124. The van der Waals surface area contributed by atoms with Crippen molar-refractivity contribution in [3.8, 4) is 5.88 Å². The Labute approximate surface area is 252 Å². The molecule has 11 heteroatoms. The van der Waals surface area contributed by atoms with Gasteiger partial charge in [-0.05, 0) is 66.6 Å². The van der Waals surface area contributed by atoms with Crippen molar-refractivity contribution in [3.63, 3.8) is 0 Å². The Morgan fingerprint density at radius 2 is 1.55 bits per heavy atom. The summed E-state index contributed by atoms with van der Waals surface area (Å²) in [6, 6.07) is 28.8. The lowest BCUT2D eigenvalue weighted by Gasteiger charge is -2.40. The van der Waals surface area contributed by atoms with Crippen molar-refractivity contribution in [2.45, 2.75) is 17.4 Å². The molecule has 0 saturated carbocycles. The zero-order valence-electron chi connectivity index (χ0n) is 23.5. The molecule has 0 spiro atoms. The van der Waals surface area contributed by atoms with Crippen LogP contribution < -0.4 is 14.8 Å². The SMILES string of the molecule is COc1ccc(NS(=O)(=O)c2ccc(NCCCN3CCN([C@H](c4ccccc4)c4ccc(Cl)cc4)CC3)cc2)nn1. The molecule has 0 aliphatic carbocycles. The summed E-state index contributed by atoms with van der Waals surface area (Å²) in [7, 11) is -2.31. The number of nitrogens with one attached hydrogen (secondary N) is 2. The van der Waals surface area contributed by atoms with Crippen LogP contribution in [0.2, 0.25) is 5.02 Å². The van der Waals surface area contributed by atoms with E-state index in [9.17, 15) is 8.42 Å². The quantitative estimate of drug-likeness (QED) is 0.214. The van der Waals surface area contributed by atoms with Crippen LogP contribution in [0.3, 0.4) is 0 Å². The number of hydrogen-bond donors (Lipinski definition) is 2. The van der Waals surface area contributed by atoms with Crippen LogP contribution in [0.25, 0.3) is 0 Å². The number of methoxy groups -OCH3 is 1. The first kappa shape index (κ1) is 29.8. The van der Waals surface area contributed by atoms with Crippen LogP contribution in [0.5, 0.6) is 5.88 Å². The van der Waals surface area contributed by atoms with E-state index in [1.807, 2.05) is 12.1 Å². The van der Waals surface area contributed by atoms with Crippen LogP contribution in [0.15, 0.2) is 95.9 Å². The van der Waals surface area contributed by atoms with E-state index in [1.54, 1.807) is 30.3 Å². The number of anilines is 2. The Hall–Kier alpha value is -3.70. The molecule has 1 saturated heterocycles. The Morgan fingerprint density at radius 3 is 2.19 bits per heavy atom. The molecule has 0 bridgehead atoms. The molecule has 4 aromatic rings. The monoisotopic (exact) mass is 606 g/mol. The van der Waals surface area contributed by atoms with Crippen molar-refractivity contribution >= 4 is 33.1 Å². The first-order valence-corrected chi connectivity index (χ1v) is 15.8. The van der Waals surface area contributed by atoms with E-state index in [1.165, 1.54) is 24.3 Å². The molecule has 5 rings (SSSR count). The third kappa shape index (κ3) is 7.77. The third-order valence-corrected chi connectivity index (χ3v) is 8.93. The fourth-order valence-corrected chi connectivity index (χ4v) is 6.23. The molecule has 1 aliphatic rings. The smallest absolute Gasteiger partial charge is 0.263 e. The fraction of sp³-hybridized carbons (Fsp3) is 0.290. The van der Waals surface area contributed by atoms with Gasteiger partial charge in [0.25, 0.3) is 10.0 Å². The lowest BCUT2D eigenvalue weighted by Crippen LogP contribution is -2.48. The number of halogens is 1. The van der Waals surface area contributed by atoms with Crippen LogP contribution in [-0.4, -0.2) is 74.8 Å². The second-order valence-electron chi connectivity index (χ2n) is 10.1. The molecule has 3 aromatic carbocycles. The summed E-state index contributed by atoms with van der Waals surface area (Å²) in [4.78, 5) is 5.21. The predicted octanol–water partition coefficient (Wildman–Crippen LogP) is 5.15. The normalized spacial score (nSPS) is 15.2. The Kier molecular flexibility index (Phi) is 9.91. The highest BCUT2D eigenvalue weighted by atomic mass is 35.5. The topological polar surface area (TPSA) is 99.7 Å². The largest absolute Gasteiger partial charge is 0.480 e. The number of aromatic nitrogens is 2. The van der Waals surface area contributed by atoms with Gasteiger partial charge < -0.3 is 15.0 Å². The molecule has 1 aromatic heterocycles. The summed E-state index contributed by atoms with van der Waals surface area (Å²) in [6.07, 6.45) is 0.983. The minimum Gasteiger partial charge on any atom is -0.480 e. The van der Waals surface area contributed by atoms with Crippen molar-refractivity contribution in [1.29, 1.82) is 0 Å². The zero-order chi connectivity index (χ0) is 29.4. The molecule has 42 heavy (non-hydrogen) atoms. The van der Waals surface area contributed by atoms with Gasteiger partial charge in [-0.15, -0.1) is 10.2 Å². The molecule has 2 N–H and O–H groups in total. The maximum Gasteiger partial charge on any atom is 0.263 e. The van der Waals surface area contributed by atoms with Gasteiger partial charge in [0.05, 0.1) is 18.0 Å². The molecular formula is C31H35ClN6O3S. The first-order valence-electron chi connectivity index (χ1n) is 13.9. The molecule has 2 heterocycles. The first-order chi connectivity index (χ1) is 20.4. The highest BCUT2D eigenvalue weighted by molar-refractivity contribution is 7.92. The lowest BCUT2D eigenvalue weighted by molar-refractivity contribution is 0.109. The van der Waals surface area contributed by atoms with Gasteiger partial charge in [-0.25, -0.2) is 8.42 Å². The van der Waals surface area contributed by atoms with Gasteiger partial charge in [-0.3, -0.25) is 9.62 Å². The molecule has 1 aliphatic heterocycles. The number of hydrogen-bond acceptors (Lipinski definition) is 8. The molecule has 9 nitrogen and oxygen atoms in total. The van der Waals surface area contributed by atoms with Crippen LogP contribution in [-0.2, 0) is 10.0 Å². The highest BCUT2D eigenvalue weighted by Gasteiger charge is 2.26. The van der Waals surface area contributed by atoms with Crippen molar-refractivity contribution in [1.82, 2.24) is 20.0 Å². The molecule has 0 radical (unpaired) electrons. The van der Waals surface area contributed by atoms with E-state index in [2.05, 4.69) is 72.5 Å². The van der Waals surface area contributed by atoms with Crippen molar-refractivity contribution in [3.05, 3.63) is 107 Å². The molecule has 0 amide bonds. The van der Waals surface area contributed by atoms with E-state index in [0.717, 1.165) is 56.4 Å². The number of benzene rings is 3. The van der Waals surface area contributed by atoms with Gasteiger partial charge in [0.15, 0.2) is 5.82 Å². The Bertz CT molecular complexity index is 1510. The maximum atomic E-state index is 12.7. The van der Waals surface area contributed by atoms with E-state index >= 15 is 0 Å². The predicted molar refractivity (Wildman–Crippen MR) is 167 cm³/mol. The fourth-order valence-electron chi connectivity index (χ4n) is 5.11. The average molecular weight is 607 g/mol. The molecular weight excluding hydrogens is 572 g/mol. The van der Waals surface area contributed by atoms with E-state index in [0.29, 0.717) is 5.88 Å². The van der Waals surface area contributed by atoms with E-state index < -0.39 is 10.0 Å². The molecule has 1 atom stereocenters. The second-order valence-corrected chi connectivity index (χ2v) is 12.2. The van der Waals surface area contributed by atoms with Crippen LogP contribution >= 0.6 is 11.6 Å². The maximum absolute atomic E-state index is 12.7. The molecule has 220 valence electrons. The summed E-state index contributed by atoms with van der Waals surface area (Å²) in [5, 5.41) is 11.8. The average Bonchev–Trinajstić information content (AvgIpc) is 3.02. The third-order valence-electron chi connectivity index (χ3n) is 7.31. The van der Waals surface area contributed by atoms with Gasteiger partial charge in [-0.1, -0.05) is 54.1 Å². The van der Waals surface area contributed by atoms with Gasteiger partial charge in [0.1, 0.15) is 0 Å². The number of rotatable bonds is 12.